The molecule has 1 amide bonds. The summed E-state index contributed by atoms with van der Waals surface area (Å²) in [5.74, 6) is 0. The third-order valence-corrected chi connectivity index (χ3v) is 3.90. The van der Waals surface area contributed by atoms with E-state index in [4.69, 9.17) is 34.8 Å². The average Bonchev–Trinajstić information content (AvgIpc) is 2.38. The zero-order chi connectivity index (χ0) is 13.8. The molecule has 0 saturated heterocycles. The highest BCUT2D eigenvalue weighted by Gasteiger charge is 2.43. The summed E-state index contributed by atoms with van der Waals surface area (Å²) >= 11 is 18.1. The van der Waals surface area contributed by atoms with Gasteiger partial charge in [0.1, 0.15) is 0 Å². The highest BCUT2D eigenvalue weighted by atomic mass is 35.5. The van der Waals surface area contributed by atoms with Crippen molar-refractivity contribution in [3.8, 4) is 0 Å². The number of hydrogen-bond acceptors (Lipinski definition) is 3. The number of nitrogens with one attached hydrogen (secondary N) is 1. The molecular formula is C11H12Cl3NO3. The topological polar surface area (TPSA) is 58.6 Å². The Morgan fingerprint density at radius 3 is 2.44 bits per heavy atom. The number of ether oxygens (including phenoxy) is 1. The molecule has 0 aliphatic carbocycles. The van der Waals surface area contributed by atoms with Gasteiger partial charge in [-0.1, -0.05) is 53.5 Å². The number of carbonyl (C=O) groups excluding carboxylic acids is 1. The van der Waals surface area contributed by atoms with Crippen LogP contribution >= 0.6 is 34.8 Å². The summed E-state index contributed by atoms with van der Waals surface area (Å²) in [7, 11) is 1.15. The van der Waals surface area contributed by atoms with Crippen molar-refractivity contribution in [1.82, 2.24) is 5.32 Å². The van der Waals surface area contributed by atoms with Crippen LogP contribution < -0.4 is 5.32 Å². The fraction of sp³-hybridized carbons (Fsp3) is 0.364. The van der Waals surface area contributed by atoms with Crippen molar-refractivity contribution in [3.05, 3.63) is 35.9 Å². The van der Waals surface area contributed by atoms with Crippen LogP contribution in [0, 0.1) is 0 Å². The van der Waals surface area contributed by atoms with E-state index in [0.717, 1.165) is 7.11 Å². The second-order valence-electron chi connectivity index (χ2n) is 3.49. The van der Waals surface area contributed by atoms with Gasteiger partial charge >= 0.3 is 6.09 Å². The fourth-order valence-electron chi connectivity index (χ4n) is 1.25. The molecule has 0 spiro atoms. The molecule has 0 radical (unpaired) electrons. The number of alkyl halides is 3. The minimum absolute atomic E-state index is 0.620. The molecule has 4 nitrogen and oxygen atoms in total. The van der Waals surface area contributed by atoms with Gasteiger partial charge in [-0.3, -0.25) is 5.32 Å². The predicted octanol–water partition coefficient (Wildman–Crippen LogP) is 2.81. The number of carbonyl (C=O) groups is 1. The molecule has 7 heteroatoms. The monoisotopic (exact) mass is 311 g/mol. The van der Waals surface area contributed by atoms with Crippen LogP contribution in [0.15, 0.2) is 30.3 Å². The number of amides is 1. The molecule has 0 aromatic heterocycles. The highest BCUT2D eigenvalue weighted by Crippen LogP contribution is 2.42. The molecule has 2 N–H and O–H groups in total. The second-order valence-corrected chi connectivity index (χ2v) is 5.37. The third kappa shape index (κ3) is 3.65. The van der Waals surface area contributed by atoms with Gasteiger partial charge in [0, 0.05) is 0 Å². The van der Waals surface area contributed by atoms with E-state index in [2.05, 4.69) is 10.1 Å². The number of hydrogen-bond donors (Lipinski definition) is 2. The molecule has 2 unspecified atom stereocenters. The van der Waals surface area contributed by atoms with E-state index >= 15 is 0 Å². The van der Waals surface area contributed by atoms with Crippen molar-refractivity contribution in [3.63, 3.8) is 0 Å². The van der Waals surface area contributed by atoms with Crippen LogP contribution in [-0.2, 0) is 4.74 Å². The van der Waals surface area contributed by atoms with Crippen molar-refractivity contribution in [1.29, 1.82) is 0 Å². The maximum absolute atomic E-state index is 11.0. The summed E-state index contributed by atoms with van der Waals surface area (Å²) in [4.78, 5) is 11.0. The van der Waals surface area contributed by atoms with Crippen LogP contribution in [0.5, 0.6) is 0 Å². The molecule has 0 bridgehead atoms. The maximum Gasteiger partial charge on any atom is 0.408 e. The van der Waals surface area contributed by atoms with Crippen LogP contribution in [0.25, 0.3) is 0 Å². The number of aliphatic hydroxyl groups is 1. The van der Waals surface area contributed by atoms with Gasteiger partial charge in [0.05, 0.1) is 12.5 Å². The van der Waals surface area contributed by atoms with E-state index in [-0.39, 0.29) is 0 Å². The number of halogens is 3. The molecule has 1 aromatic carbocycles. The minimum atomic E-state index is -1.79. The molecule has 1 aromatic rings. The number of alkyl carbamates (subject to hydrolysis) is 1. The standard InChI is InChI=1S/C11H12Cl3NO3/c1-18-10(17)15-9(16)11(13,14)8(12)7-5-3-2-4-6-7/h2-6,8-9,16H,1H3,(H,15,17). The average molecular weight is 313 g/mol. The van der Waals surface area contributed by atoms with Crippen molar-refractivity contribution in [2.45, 2.75) is 15.9 Å². The lowest BCUT2D eigenvalue weighted by atomic mass is 10.1. The Bertz CT molecular complexity index is 400. The SMILES string of the molecule is COC(=O)NC(O)C(Cl)(Cl)C(Cl)c1ccccc1. The first-order chi connectivity index (χ1) is 8.39. The first kappa shape index (κ1) is 15.4. The fourth-order valence-corrected chi connectivity index (χ4v) is 1.88. The largest absolute Gasteiger partial charge is 0.453 e. The summed E-state index contributed by atoms with van der Waals surface area (Å²) < 4.78 is 2.54. The number of aliphatic hydroxyl groups excluding tert-OH is 1. The van der Waals surface area contributed by atoms with E-state index in [1.165, 1.54) is 0 Å². The molecule has 18 heavy (non-hydrogen) atoms. The molecule has 0 aliphatic heterocycles. The summed E-state index contributed by atoms with van der Waals surface area (Å²) in [6.45, 7) is 0. The van der Waals surface area contributed by atoms with Gasteiger partial charge in [0.15, 0.2) is 10.6 Å². The van der Waals surface area contributed by atoms with Gasteiger partial charge in [-0.25, -0.2) is 4.79 Å². The Kier molecular flexibility index (Phi) is 5.53. The Balaban J connectivity index is 2.82. The second kappa shape index (κ2) is 6.48. The Labute approximate surface area is 120 Å². The van der Waals surface area contributed by atoms with Crippen LogP contribution in [-0.4, -0.2) is 28.9 Å². The molecule has 100 valence electrons. The minimum Gasteiger partial charge on any atom is -0.453 e. The summed E-state index contributed by atoms with van der Waals surface area (Å²) in [5, 5.41) is 10.9. The number of methoxy groups -OCH3 is 1. The Hall–Kier alpha value is -0.680. The Morgan fingerprint density at radius 2 is 1.94 bits per heavy atom. The van der Waals surface area contributed by atoms with Gasteiger partial charge in [-0.15, -0.1) is 11.6 Å². The van der Waals surface area contributed by atoms with E-state index in [0.29, 0.717) is 5.56 Å². The van der Waals surface area contributed by atoms with Gasteiger partial charge < -0.3 is 9.84 Å². The van der Waals surface area contributed by atoms with Crippen LogP contribution in [0.1, 0.15) is 10.9 Å². The molecular weight excluding hydrogens is 300 g/mol. The highest BCUT2D eigenvalue weighted by molar-refractivity contribution is 6.52. The zero-order valence-electron chi connectivity index (χ0n) is 9.44. The lowest BCUT2D eigenvalue weighted by Crippen LogP contribution is -2.48. The predicted molar refractivity (Wildman–Crippen MR) is 71.0 cm³/mol. The summed E-state index contributed by atoms with van der Waals surface area (Å²) in [5.41, 5.74) is 0.620. The first-order valence-corrected chi connectivity index (χ1v) is 6.18. The van der Waals surface area contributed by atoms with Crippen molar-refractivity contribution < 1.29 is 14.6 Å². The van der Waals surface area contributed by atoms with E-state index in [9.17, 15) is 9.90 Å². The maximum atomic E-state index is 11.0. The molecule has 0 heterocycles. The summed E-state index contributed by atoms with van der Waals surface area (Å²) in [6.07, 6.45) is -2.43. The first-order valence-electron chi connectivity index (χ1n) is 4.99. The molecule has 1 rings (SSSR count). The molecule has 0 fully saturated rings. The van der Waals surface area contributed by atoms with E-state index < -0.39 is 22.0 Å². The van der Waals surface area contributed by atoms with Gasteiger partial charge in [0.2, 0.25) is 0 Å². The van der Waals surface area contributed by atoms with Crippen LogP contribution in [0.2, 0.25) is 0 Å². The van der Waals surface area contributed by atoms with E-state index in [1.807, 2.05) is 0 Å². The molecule has 2 atom stereocenters. The van der Waals surface area contributed by atoms with E-state index in [1.54, 1.807) is 30.3 Å². The van der Waals surface area contributed by atoms with Crippen molar-refractivity contribution in [2.24, 2.45) is 0 Å². The normalized spacial score (nSPS) is 14.7. The van der Waals surface area contributed by atoms with Crippen molar-refractivity contribution in [2.75, 3.05) is 7.11 Å². The van der Waals surface area contributed by atoms with Gasteiger partial charge in [0.25, 0.3) is 0 Å². The number of benzene rings is 1. The van der Waals surface area contributed by atoms with Crippen LogP contribution in [0.4, 0.5) is 4.79 Å². The molecule has 0 aliphatic rings. The zero-order valence-corrected chi connectivity index (χ0v) is 11.7. The van der Waals surface area contributed by atoms with Crippen LogP contribution in [0.3, 0.4) is 0 Å². The van der Waals surface area contributed by atoms with Crippen molar-refractivity contribution >= 4 is 40.9 Å². The third-order valence-electron chi connectivity index (χ3n) is 2.23. The van der Waals surface area contributed by atoms with Gasteiger partial charge in [-0.05, 0) is 5.56 Å². The van der Waals surface area contributed by atoms with Gasteiger partial charge in [-0.2, -0.15) is 0 Å². The number of rotatable bonds is 4. The Morgan fingerprint density at radius 1 is 1.39 bits per heavy atom. The molecule has 0 saturated carbocycles. The lowest BCUT2D eigenvalue weighted by Gasteiger charge is -2.30. The summed E-state index contributed by atoms with van der Waals surface area (Å²) in [6, 6.07) is 8.74. The smallest absolute Gasteiger partial charge is 0.408 e. The quantitative estimate of drug-likeness (QED) is 0.664. The lowest BCUT2D eigenvalue weighted by molar-refractivity contribution is 0.0984.